The first kappa shape index (κ1) is 54.5. The van der Waals surface area contributed by atoms with Gasteiger partial charge in [0.2, 0.25) is 0 Å². The Morgan fingerprint density at radius 2 is 0.491 bits per heavy atom. The molecule has 0 atom stereocenters. The van der Waals surface area contributed by atoms with Crippen LogP contribution in [0.25, 0.3) is 0 Å². The van der Waals surface area contributed by atoms with Crippen LogP contribution >= 0.6 is 0 Å². The first-order chi connectivity index (χ1) is 24.1. The van der Waals surface area contributed by atoms with E-state index in [1.807, 2.05) is 0 Å². The Kier molecular flexibility index (Phi) is 16.4. The maximum absolute atomic E-state index is 15.9. The SMILES string of the molecule is CCC[O][Sn]([O][Sn]([O]CCC)([C](F)(F)C(F)(F)C(F)(F)CF)[C](F)(F)C(F)(F)C(F)(F)CF)([C](F)(F)C(F)(F)C(F)(F)CF)[C](F)(F)C(F)(F)C(F)(F)CF. The Balaban J connectivity index is 9.96. The molecule has 0 saturated heterocycles. The van der Waals surface area contributed by atoms with Gasteiger partial charge in [-0.2, -0.15) is 0 Å². The van der Waals surface area contributed by atoms with Crippen LogP contribution in [0, 0.1) is 0 Å². The van der Waals surface area contributed by atoms with Gasteiger partial charge in [-0.15, -0.1) is 0 Å². The summed E-state index contributed by atoms with van der Waals surface area (Å²) in [5, 5.41) is 0. The van der Waals surface area contributed by atoms with Crippen molar-refractivity contribution in [2.24, 2.45) is 0 Å². The van der Waals surface area contributed by atoms with E-state index in [-0.39, 0.29) is 13.8 Å². The van der Waals surface area contributed by atoms with Crippen molar-refractivity contribution in [2.45, 2.75) is 89.8 Å². The number of rotatable bonds is 24. The van der Waals surface area contributed by atoms with Crippen molar-refractivity contribution in [1.29, 1.82) is 0 Å². The first-order valence-electron chi connectivity index (χ1n) is 13.8. The molecule has 0 fully saturated rings. The van der Waals surface area contributed by atoms with E-state index >= 15 is 35.1 Å². The van der Waals surface area contributed by atoms with Gasteiger partial charge in [0.15, 0.2) is 0 Å². The molecule has 0 radical (unpaired) electrons. The predicted octanol–water partition coefficient (Wildman–Crippen LogP) is 10.4. The van der Waals surface area contributed by atoms with Crippen molar-refractivity contribution >= 4 is 38.4 Å². The molecule has 0 aliphatic heterocycles. The Morgan fingerprint density at radius 1 is 0.327 bits per heavy atom. The van der Waals surface area contributed by atoms with Gasteiger partial charge < -0.3 is 0 Å². The standard InChI is InChI=1S/4C4H2F7.2C3H7O.O.2Sn/c4*5-1-3(8,9)4(10,11)2(6)7;2*1-2-3-4;;;/h4*1H2;2*2-3H2,1H3;;;/q;;;;2*-1;;2*+1. The molecule has 0 aromatic heterocycles. The Labute approximate surface area is 298 Å². The molecule has 0 N–H and O–H groups in total. The summed E-state index contributed by atoms with van der Waals surface area (Å²) in [7, 11) is 0. The fourth-order valence-corrected chi connectivity index (χ4v) is 40.6. The summed E-state index contributed by atoms with van der Waals surface area (Å²) in [6, 6.07) is 0. The van der Waals surface area contributed by atoms with Gasteiger partial charge in [-0.1, -0.05) is 0 Å². The average Bonchev–Trinajstić information content (AvgIpc) is 3.06. The zero-order chi connectivity index (χ0) is 44.8. The maximum atomic E-state index is 15.9. The van der Waals surface area contributed by atoms with Crippen LogP contribution in [0.2, 0.25) is 0 Å². The van der Waals surface area contributed by atoms with Crippen LogP contribution in [0.15, 0.2) is 0 Å². The van der Waals surface area contributed by atoms with Gasteiger partial charge >= 0.3 is 299 Å². The molecule has 0 aliphatic rings. The van der Waals surface area contributed by atoms with Gasteiger partial charge in [0.1, 0.15) is 0 Å². The summed E-state index contributed by atoms with van der Waals surface area (Å²) in [4.78, 5) is 0. The molecule has 0 bridgehead atoms. The van der Waals surface area contributed by atoms with E-state index in [0.29, 0.717) is 0 Å². The Morgan fingerprint density at radius 3 is 0.618 bits per heavy atom. The number of halogens is 28. The zero-order valence-corrected chi connectivity index (χ0v) is 32.2. The topological polar surface area (TPSA) is 27.7 Å². The number of hydrogen-bond acceptors (Lipinski definition) is 3. The third kappa shape index (κ3) is 7.73. The molecule has 0 saturated carbocycles. The van der Waals surface area contributed by atoms with Crippen LogP contribution in [0.4, 0.5) is 123 Å². The van der Waals surface area contributed by atoms with Gasteiger partial charge in [0.25, 0.3) is 0 Å². The second-order valence-electron chi connectivity index (χ2n) is 11.0. The van der Waals surface area contributed by atoms with E-state index in [2.05, 4.69) is 7.56 Å². The first-order valence-corrected chi connectivity index (χ1v) is 24.2. The second kappa shape index (κ2) is 16.5. The van der Waals surface area contributed by atoms with E-state index in [1.54, 1.807) is 0 Å². The molecular formula is C22H22F28O3Sn2. The Bertz CT molecular complexity index is 1100. The summed E-state index contributed by atoms with van der Waals surface area (Å²) in [5.74, 6) is -64.6. The van der Waals surface area contributed by atoms with Crippen molar-refractivity contribution in [3.05, 3.63) is 0 Å². The molecule has 332 valence electrons. The molecule has 0 rings (SSSR count). The van der Waals surface area contributed by atoms with Crippen molar-refractivity contribution in [2.75, 3.05) is 39.9 Å². The monoisotopic (exact) mass is 1110 g/mol. The summed E-state index contributed by atoms with van der Waals surface area (Å²) in [5.41, 5.74) is 0. The van der Waals surface area contributed by atoms with E-state index in [4.69, 9.17) is 0 Å². The quantitative estimate of drug-likeness (QED) is 0.0712. The summed E-state index contributed by atoms with van der Waals surface area (Å²) < 4.78 is 383. The minimum absolute atomic E-state index is 0.203. The van der Waals surface area contributed by atoms with E-state index in [9.17, 15) is 87.8 Å². The molecule has 0 amide bonds. The van der Waals surface area contributed by atoms with Crippen molar-refractivity contribution < 1.29 is 130 Å². The third-order valence-corrected chi connectivity index (χ3v) is 36.2. The second-order valence-corrected chi connectivity index (χ2v) is 31.3. The van der Waals surface area contributed by atoms with Crippen LogP contribution in [0.1, 0.15) is 26.7 Å². The van der Waals surface area contributed by atoms with Crippen LogP contribution in [0.3, 0.4) is 0 Å². The fraction of sp³-hybridized carbons (Fsp3) is 1.00. The third-order valence-electron chi connectivity index (χ3n) is 7.05. The average molecular weight is 1100 g/mol. The molecular weight excluding hydrogens is 1080 g/mol. The van der Waals surface area contributed by atoms with Crippen molar-refractivity contribution in [3.63, 3.8) is 0 Å². The van der Waals surface area contributed by atoms with E-state index < -0.39 is 154 Å². The van der Waals surface area contributed by atoms with Gasteiger partial charge in [0, 0.05) is 0 Å². The zero-order valence-electron chi connectivity index (χ0n) is 26.5. The number of hydrogen-bond donors (Lipinski definition) is 0. The summed E-state index contributed by atoms with van der Waals surface area (Å²) >= 11 is -25.1. The molecule has 0 heterocycles. The number of alkyl halides is 28. The normalized spacial score (nSPS) is 16.3. The molecule has 55 heavy (non-hydrogen) atoms. The molecule has 0 unspecified atom stereocenters. The summed E-state index contributed by atoms with van der Waals surface area (Å²) in [6.07, 6.45) is -3.44. The van der Waals surface area contributed by atoms with Crippen LogP contribution < -0.4 is 0 Å². The van der Waals surface area contributed by atoms with E-state index in [1.165, 1.54) is 0 Å². The predicted molar refractivity (Wildman–Crippen MR) is 128 cm³/mol. The molecule has 33 heteroatoms. The van der Waals surface area contributed by atoms with Crippen LogP contribution in [-0.2, 0) is 7.56 Å². The summed E-state index contributed by atoms with van der Waals surface area (Å²) in [6.45, 7) is -23.0. The minimum atomic E-state index is -12.6. The van der Waals surface area contributed by atoms with Crippen molar-refractivity contribution in [1.82, 2.24) is 0 Å². The Hall–Kier alpha value is -0.483. The molecule has 0 aromatic rings. The molecule has 0 aliphatic carbocycles. The van der Waals surface area contributed by atoms with Gasteiger partial charge in [-0.05, 0) is 0 Å². The van der Waals surface area contributed by atoms with Crippen LogP contribution in [0.5, 0.6) is 0 Å². The van der Waals surface area contributed by atoms with Gasteiger partial charge in [-0.25, -0.2) is 0 Å². The fourth-order valence-electron chi connectivity index (χ4n) is 3.85. The molecule has 3 nitrogen and oxygen atoms in total. The van der Waals surface area contributed by atoms with Crippen molar-refractivity contribution in [3.8, 4) is 0 Å². The van der Waals surface area contributed by atoms with Gasteiger partial charge in [0.05, 0.1) is 0 Å². The molecule has 0 spiro atoms. The van der Waals surface area contributed by atoms with Gasteiger partial charge in [-0.3, -0.25) is 0 Å². The molecule has 0 aromatic carbocycles. The van der Waals surface area contributed by atoms with E-state index in [0.717, 1.165) is 0 Å². The van der Waals surface area contributed by atoms with Crippen LogP contribution in [-0.4, -0.2) is 141 Å².